The van der Waals surface area contributed by atoms with Crippen LogP contribution in [0.3, 0.4) is 0 Å². The van der Waals surface area contributed by atoms with Gasteiger partial charge in [0.05, 0.1) is 17.6 Å². The second-order valence-electron chi connectivity index (χ2n) is 8.01. The van der Waals surface area contributed by atoms with Crippen LogP contribution >= 0.6 is 0 Å². The largest absolute Gasteiger partial charge is 0.457 e. The van der Waals surface area contributed by atoms with E-state index in [2.05, 4.69) is 20.4 Å². The van der Waals surface area contributed by atoms with Crippen molar-refractivity contribution in [3.05, 3.63) is 78.6 Å². The van der Waals surface area contributed by atoms with Gasteiger partial charge in [-0.2, -0.15) is 15.4 Å². The van der Waals surface area contributed by atoms with Gasteiger partial charge in [-0.05, 0) is 55.3 Å². The van der Waals surface area contributed by atoms with Gasteiger partial charge in [0.1, 0.15) is 28.4 Å². The number of aromatic amines is 1. The van der Waals surface area contributed by atoms with E-state index in [1.54, 1.807) is 12.1 Å². The summed E-state index contributed by atoms with van der Waals surface area (Å²) in [4.78, 5) is 30.6. The van der Waals surface area contributed by atoms with Crippen LogP contribution in [0, 0.1) is 17.0 Å². The molecule has 176 valence electrons. The molecule has 2 aromatic heterocycles. The smallest absolute Gasteiger partial charge is 0.247 e. The number of benzene rings is 2. The van der Waals surface area contributed by atoms with Crippen LogP contribution in [0.1, 0.15) is 12.8 Å². The number of H-pyrrole nitrogens is 1. The summed E-state index contributed by atoms with van der Waals surface area (Å²) in [5, 5.41) is 10.2. The van der Waals surface area contributed by atoms with Crippen molar-refractivity contribution in [2.24, 2.45) is 11.1 Å². The topological polar surface area (TPSA) is 127 Å². The van der Waals surface area contributed by atoms with Gasteiger partial charge in [0.2, 0.25) is 11.8 Å². The maximum atomic E-state index is 15.3. The van der Waals surface area contributed by atoms with Gasteiger partial charge in [-0.1, -0.05) is 0 Å². The van der Waals surface area contributed by atoms with Crippen molar-refractivity contribution in [1.29, 1.82) is 0 Å². The number of aromatic nitrogens is 4. The number of nitrogens with two attached hydrogens (primary N) is 1. The average molecular weight is 476 g/mol. The van der Waals surface area contributed by atoms with E-state index in [0.717, 1.165) is 23.1 Å². The fourth-order valence-corrected chi connectivity index (χ4v) is 3.67. The third kappa shape index (κ3) is 4.19. The van der Waals surface area contributed by atoms with Crippen LogP contribution in [0.25, 0.3) is 11.4 Å². The van der Waals surface area contributed by atoms with Crippen molar-refractivity contribution >= 4 is 23.2 Å². The average Bonchev–Trinajstić information content (AvgIpc) is 3.49. The lowest BCUT2D eigenvalue weighted by Gasteiger charge is -2.27. The summed E-state index contributed by atoms with van der Waals surface area (Å²) >= 11 is 0. The van der Waals surface area contributed by atoms with Crippen LogP contribution in [-0.2, 0) is 9.59 Å². The Morgan fingerprint density at radius 2 is 1.74 bits per heavy atom. The highest BCUT2D eigenvalue weighted by molar-refractivity contribution is 6.16. The Morgan fingerprint density at radius 1 is 1.00 bits per heavy atom. The Bertz CT molecular complexity index is 1410. The Hall–Kier alpha value is -4.67. The first-order valence-electron chi connectivity index (χ1n) is 10.6. The number of carbonyl (C=O) groups excluding carboxylic acids is 2. The van der Waals surface area contributed by atoms with Gasteiger partial charge >= 0.3 is 0 Å². The molecule has 4 aromatic rings. The Labute approximate surface area is 197 Å². The maximum absolute atomic E-state index is 15.3. The van der Waals surface area contributed by atoms with E-state index < -0.39 is 28.9 Å². The van der Waals surface area contributed by atoms with Gasteiger partial charge in [0.25, 0.3) is 0 Å². The maximum Gasteiger partial charge on any atom is 0.247 e. The lowest BCUT2D eigenvalue weighted by Crippen LogP contribution is -2.41. The number of anilines is 2. The fraction of sp³-hybridized carbons (Fsp3) is 0.125. The highest BCUT2D eigenvalue weighted by Gasteiger charge is 2.57. The monoisotopic (exact) mass is 476 g/mol. The van der Waals surface area contributed by atoms with Gasteiger partial charge in [-0.3, -0.25) is 19.5 Å². The van der Waals surface area contributed by atoms with Crippen molar-refractivity contribution in [2.75, 3.05) is 4.90 Å². The SMILES string of the molecule is NC(=O)C1(C(=O)N(c2ccc(F)cc2)c2ccc(Oc3ccnc(-c4cn[nH]n4)c3)cc2F)CC1. The van der Waals surface area contributed by atoms with Crippen LogP contribution < -0.4 is 15.4 Å². The summed E-state index contributed by atoms with van der Waals surface area (Å²) in [7, 11) is 0. The number of halogens is 2. The molecule has 1 aliphatic rings. The number of amides is 2. The van der Waals surface area contributed by atoms with Gasteiger partial charge < -0.3 is 10.5 Å². The highest BCUT2D eigenvalue weighted by Crippen LogP contribution is 2.49. The van der Waals surface area contributed by atoms with Gasteiger partial charge in [0.15, 0.2) is 5.82 Å². The number of hydrogen-bond donors (Lipinski definition) is 2. The van der Waals surface area contributed by atoms with Gasteiger partial charge in [-0.15, -0.1) is 0 Å². The molecule has 1 aliphatic carbocycles. The number of rotatable bonds is 7. The highest BCUT2D eigenvalue weighted by atomic mass is 19.1. The van der Waals surface area contributed by atoms with E-state index in [1.165, 1.54) is 36.7 Å². The number of carbonyl (C=O) groups is 2. The molecular weight excluding hydrogens is 458 g/mol. The zero-order valence-electron chi connectivity index (χ0n) is 18.1. The first-order chi connectivity index (χ1) is 16.9. The van der Waals surface area contributed by atoms with Gasteiger partial charge in [0, 0.05) is 24.0 Å². The minimum Gasteiger partial charge on any atom is -0.457 e. The number of hydrogen-bond acceptors (Lipinski definition) is 6. The van der Waals surface area contributed by atoms with Crippen LogP contribution in [0.5, 0.6) is 11.5 Å². The van der Waals surface area contributed by atoms with Crippen LogP contribution in [0.4, 0.5) is 20.2 Å². The summed E-state index contributed by atoms with van der Waals surface area (Å²) in [5.74, 6) is -2.23. The number of nitrogens with one attached hydrogen (secondary N) is 1. The molecule has 11 heteroatoms. The van der Waals surface area contributed by atoms with E-state index in [1.807, 2.05) is 0 Å². The zero-order chi connectivity index (χ0) is 24.6. The molecule has 5 rings (SSSR count). The molecule has 0 saturated heterocycles. The molecule has 1 saturated carbocycles. The van der Waals surface area contributed by atoms with E-state index in [0.29, 0.717) is 17.1 Å². The first kappa shape index (κ1) is 22.1. The molecule has 0 aliphatic heterocycles. The summed E-state index contributed by atoms with van der Waals surface area (Å²) in [5.41, 5.74) is 5.14. The second kappa shape index (κ2) is 8.60. The van der Waals surface area contributed by atoms with E-state index in [4.69, 9.17) is 10.5 Å². The van der Waals surface area contributed by atoms with Crippen molar-refractivity contribution < 1.29 is 23.1 Å². The molecule has 2 heterocycles. The molecule has 0 atom stereocenters. The number of ether oxygens (including phenoxy) is 1. The van der Waals surface area contributed by atoms with Crippen molar-refractivity contribution in [3.8, 4) is 22.9 Å². The summed E-state index contributed by atoms with van der Waals surface area (Å²) < 4.78 is 34.6. The fourth-order valence-electron chi connectivity index (χ4n) is 3.67. The van der Waals surface area contributed by atoms with Crippen LogP contribution in [0.15, 0.2) is 67.0 Å². The lowest BCUT2D eigenvalue weighted by atomic mass is 10.0. The summed E-state index contributed by atoms with van der Waals surface area (Å²) in [6.07, 6.45) is 3.54. The Kier molecular flexibility index (Phi) is 5.44. The molecule has 2 aromatic carbocycles. The zero-order valence-corrected chi connectivity index (χ0v) is 18.1. The minimum absolute atomic E-state index is 0.125. The summed E-state index contributed by atoms with van der Waals surface area (Å²) in [6.45, 7) is 0. The third-order valence-corrected chi connectivity index (χ3v) is 5.72. The van der Waals surface area contributed by atoms with Crippen molar-refractivity contribution in [3.63, 3.8) is 0 Å². The lowest BCUT2D eigenvalue weighted by molar-refractivity contribution is -0.133. The number of pyridine rings is 1. The standard InChI is InChI=1S/C24H18F2N6O3/c25-14-1-3-15(4-2-14)32(23(34)24(8-9-24)22(27)33)21-6-5-16(11-18(21)26)35-17-7-10-28-19(12-17)20-13-29-31-30-20/h1-7,10-13H,8-9H2,(H2,27,33)(H,29,30,31). The van der Waals surface area contributed by atoms with Crippen molar-refractivity contribution in [1.82, 2.24) is 20.4 Å². The molecule has 0 bridgehead atoms. The number of nitrogens with zero attached hydrogens (tertiary/aromatic N) is 4. The molecule has 9 nitrogen and oxygen atoms in total. The normalized spacial score (nSPS) is 13.8. The minimum atomic E-state index is -1.41. The number of primary amides is 1. The van der Waals surface area contributed by atoms with Gasteiger partial charge in [-0.25, -0.2) is 8.78 Å². The molecular formula is C24H18F2N6O3. The quantitative estimate of drug-likeness (QED) is 0.390. The van der Waals surface area contributed by atoms with E-state index >= 15 is 4.39 Å². The van der Waals surface area contributed by atoms with Crippen LogP contribution in [-0.4, -0.2) is 32.2 Å². The second-order valence-corrected chi connectivity index (χ2v) is 8.01. The van der Waals surface area contributed by atoms with E-state index in [9.17, 15) is 14.0 Å². The predicted molar refractivity (Wildman–Crippen MR) is 120 cm³/mol. The molecule has 0 unspecified atom stereocenters. The van der Waals surface area contributed by atoms with Crippen LogP contribution in [0.2, 0.25) is 0 Å². The first-order valence-corrected chi connectivity index (χ1v) is 10.6. The molecule has 35 heavy (non-hydrogen) atoms. The molecule has 3 N–H and O–H groups in total. The molecule has 2 amide bonds. The molecule has 1 fully saturated rings. The third-order valence-electron chi connectivity index (χ3n) is 5.72. The van der Waals surface area contributed by atoms with E-state index in [-0.39, 0.29) is 30.0 Å². The Morgan fingerprint density at radius 3 is 2.37 bits per heavy atom. The summed E-state index contributed by atoms with van der Waals surface area (Å²) in [6, 6.07) is 12.1. The predicted octanol–water partition coefficient (Wildman–Crippen LogP) is 3.87. The Balaban J connectivity index is 1.47. The van der Waals surface area contributed by atoms with Crippen molar-refractivity contribution in [2.45, 2.75) is 12.8 Å². The molecule has 0 spiro atoms. The molecule has 0 radical (unpaired) electrons.